The number of nitrogens with zero attached hydrogens (tertiary/aromatic N) is 3. The molecule has 1 unspecified atom stereocenters. The molecule has 0 spiro atoms. The van der Waals surface area contributed by atoms with Crippen LogP contribution in [-0.2, 0) is 14.3 Å². The fraction of sp³-hybridized carbons (Fsp3) is 0.609. The maximum atomic E-state index is 15.0. The van der Waals surface area contributed by atoms with E-state index in [4.69, 9.17) is 4.74 Å². The molecule has 3 aliphatic rings. The number of nitrogens with one attached hydrogen (secondary N) is 1. The van der Waals surface area contributed by atoms with Gasteiger partial charge in [-0.05, 0) is 31.0 Å². The number of benzene rings is 1. The zero-order valence-electron chi connectivity index (χ0n) is 18.5. The van der Waals surface area contributed by atoms with Gasteiger partial charge >= 0.3 is 6.09 Å². The van der Waals surface area contributed by atoms with Crippen LogP contribution in [0.4, 0.5) is 20.6 Å². The average molecular weight is 447 g/mol. The predicted octanol–water partition coefficient (Wildman–Crippen LogP) is 2.17. The summed E-state index contributed by atoms with van der Waals surface area (Å²) in [5.74, 6) is -0.0297. The molecule has 1 N–H and O–H groups in total. The zero-order chi connectivity index (χ0) is 22.7. The van der Waals surface area contributed by atoms with Gasteiger partial charge in [0.25, 0.3) is 0 Å². The van der Waals surface area contributed by atoms with Crippen LogP contribution in [0.25, 0.3) is 0 Å². The summed E-state index contributed by atoms with van der Waals surface area (Å²) in [4.78, 5) is 41.1. The van der Waals surface area contributed by atoms with Gasteiger partial charge in [0.05, 0.1) is 24.5 Å². The number of ether oxygens (including phenoxy) is 1. The Hall–Kier alpha value is -2.68. The molecule has 2 amide bonds. The van der Waals surface area contributed by atoms with Crippen molar-refractivity contribution in [3.8, 4) is 0 Å². The first-order valence-corrected chi connectivity index (χ1v) is 11.4. The van der Waals surface area contributed by atoms with E-state index >= 15 is 0 Å². The SMILES string of the molecule is CC(=O)NC[C@H]1CN(c2ccc(N3CCN(CC4CCCCC4=O)CC3)c(F)c2)C(=O)O1. The van der Waals surface area contributed by atoms with Crippen LogP contribution in [0.5, 0.6) is 0 Å². The number of cyclic esters (lactones) is 1. The molecule has 4 rings (SSSR count). The molecule has 1 saturated carbocycles. The Morgan fingerprint density at radius 3 is 2.66 bits per heavy atom. The molecule has 9 heteroatoms. The monoisotopic (exact) mass is 446 g/mol. The predicted molar refractivity (Wildman–Crippen MR) is 118 cm³/mol. The number of anilines is 2. The van der Waals surface area contributed by atoms with E-state index in [2.05, 4.69) is 10.2 Å². The highest BCUT2D eigenvalue weighted by molar-refractivity contribution is 5.90. The lowest BCUT2D eigenvalue weighted by molar-refractivity contribution is -0.125. The minimum absolute atomic E-state index is 0.154. The molecule has 32 heavy (non-hydrogen) atoms. The van der Waals surface area contributed by atoms with Gasteiger partial charge in [-0.15, -0.1) is 0 Å². The third-order valence-corrected chi connectivity index (χ3v) is 6.57. The van der Waals surface area contributed by atoms with Crippen LogP contribution in [0.2, 0.25) is 0 Å². The second-order valence-corrected chi connectivity index (χ2v) is 8.89. The van der Waals surface area contributed by atoms with E-state index in [1.165, 1.54) is 17.9 Å². The minimum Gasteiger partial charge on any atom is -0.442 e. The summed E-state index contributed by atoms with van der Waals surface area (Å²) in [6, 6.07) is 4.80. The highest BCUT2D eigenvalue weighted by atomic mass is 19.1. The van der Waals surface area contributed by atoms with E-state index in [9.17, 15) is 18.8 Å². The van der Waals surface area contributed by atoms with Gasteiger partial charge in [0.2, 0.25) is 5.91 Å². The number of amides is 2. The average Bonchev–Trinajstić information content (AvgIpc) is 3.15. The van der Waals surface area contributed by atoms with Crippen molar-refractivity contribution in [3.63, 3.8) is 0 Å². The molecule has 0 radical (unpaired) electrons. The van der Waals surface area contributed by atoms with E-state index in [0.29, 0.717) is 36.7 Å². The molecule has 2 heterocycles. The van der Waals surface area contributed by atoms with Crippen LogP contribution in [0, 0.1) is 11.7 Å². The largest absolute Gasteiger partial charge is 0.442 e. The maximum absolute atomic E-state index is 15.0. The third-order valence-electron chi connectivity index (χ3n) is 6.57. The lowest BCUT2D eigenvalue weighted by atomic mass is 9.87. The maximum Gasteiger partial charge on any atom is 0.414 e. The highest BCUT2D eigenvalue weighted by Gasteiger charge is 2.33. The quantitative estimate of drug-likeness (QED) is 0.721. The zero-order valence-corrected chi connectivity index (χ0v) is 18.5. The van der Waals surface area contributed by atoms with Gasteiger partial charge in [-0.25, -0.2) is 9.18 Å². The Bertz CT molecular complexity index is 872. The van der Waals surface area contributed by atoms with Crippen molar-refractivity contribution in [2.45, 2.75) is 38.7 Å². The second kappa shape index (κ2) is 9.85. The minimum atomic E-state index is -0.543. The topological polar surface area (TPSA) is 82.2 Å². The molecular formula is C23H31FN4O4. The van der Waals surface area contributed by atoms with Crippen LogP contribution >= 0.6 is 0 Å². The van der Waals surface area contributed by atoms with Gasteiger partial charge in [0.15, 0.2) is 0 Å². The molecule has 3 fully saturated rings. The van der Waals surface area contributed by atoms with Crippen molar-refractivity contribution in [1.29, 1.82) is 0 Å². The van der Waals surface area contributed by atoms with Crippen molar-refractivity contribution in [2.75, 3.05) is 55.6 Å². The third kappa shape index (κ3) is 5.20. The van der Waals surface area contributed by atoms with Crippen LogP contribution in [-0.4, -0.2) is 74.6 Å². The number of rotatable bonds is 6. The Morgan fingerprint density at radius 1 is 1.19 bits per heavy atom. The number of ketones is 1. The summed E-state index contributed by atoms with van der Waals surface area (Å²) >= 11 is 0. The lowest BCUT2D eigenvalue weighted by Gasteiger charge is -2.38. The number of hydrogen-bond acceptors (Lipinski definition) is 6. The molecular weight excluding hydrogens is 415 g/mol. The Balaban J connectivity index is 1.32. The fourth-order valence-electron chi connectivity index (χ4n) is 4.75. The van der Waals surface area contributed by atoms with Crippen molar-refractivity contribution >= 4 is 29.2 Å². The van der Waals surface area contributed by atoms with Gasteiger partial charge in [0, 0.05) is 52.0 Å². The molecule has 1 aromatic rings. The molecule has 2 atom stereocenters. The standard InChI is InChI=1S/C23H31FN4O4/c1-16(29)25-13-19-15-28(23(31)32-19)18-6-7-21(20(24)12-18)27-10-8-26(9-11-27)14-17-4-2-3-5-22(17)30/h6-7,12,17,19H,2-5,8-11,13-15H2,1H3,(H,25,29)/t17?,19-/m0/s1. The summed E-state index contributed by atoms with van der Waals surface area (Å²) in [5, 5.41) is 2.63. The molecule has 1 aromatic carbocycles. The lowest BCUT2D eigenvalue weighted by Crippen LogP contribution is -2.49. The Morgan fingerprint density at radius 2 is 1.97 bits per heavy atom. The van der Waals surface area contributed by atoms with Gasteiger partial charge in [-0.3, -0.25) is 19.4 Å². The Labute approximate surface area is 187 Å². The first-order valence-electron chi connectivity index (χ1n) is 11.4. The molecule has 0 aromatic heterocycles. The van der Waals surface area contributed by atoms with E-state index in [0.717, 1.165) is 38.9 Å². The van der Waals surface area contributed by atoms with Gasteiger partial charge in [-0.2, -0.15) is 0 Å². The van der Waals surface area contributed by atoms with Crippen LogP contribution in [0.3, 0.4) is 0 Å². The number of Topliss-reactive ketones (excluding diaryl/α,β-unsaturated/α-hetero) is 1. The van der Waals surface area contributed by atoms with E-state index in [1.54, 1.807) is 12.1 Å². The van der Waals surface area contributed by atoms with Crippen LogP contribution < -0.4 is 15.1 Å². The van der Waals surface area contributed by atoms with Crippen LogP contribution in [0.15, 0.2) is 18.2 Å². The number of hydrogen-bond donors (Lipinski definition) is 1. The Kier molecular flexibility index (Phi) is 6.93. The van der Waals surface area contributed by atoms with E-state index in [-0.39, 0.29) is 30.7 Å². The first kappa shape index (κ1) is 22.5. The van der Waals surface area contributed by atoms with Gasteiger partial charge < -0.3 is 15.0 Å². The van der Waals surface area contributed by atoms with Crippen molar-refractivity contribution in [1.82, 2.24) is 10.2 Å². The highest BCUT2D eigenvalue weighted by Crippen LogP contribution is 2.29. The van der Waals surface area contributed by atoms with Crippen molar-refractivity contribution in [3.05, 3.63) is 24.0 Å². The first-order chi connectivity index (χ1) is 15.4. The number of piperazine rings is 1. The smallest absolute Gasteiger partial charge is 0.414 e. The van der Waals surface area contributed by atoms with Gasteiger partial charge in [0.1, 0.15) is 17.7 Å². The summed E-state index contributed by atoms with van der Waals surface area (Å²) in [7, 11) is 0. The van der Waals surface area contributed by atoms with Crippen molar-refractivity contribution < 1.29 is 23.5 Å². The molecule has 174 valence electrons. The number of halogens is 1. The summed E-state index contributed by atoms with van der Waals surface area (Å²) in [6.45, 7) is 5.69. The number of carbonyl (C=O) groups excluding carboxylic acids is 3. The summed E-state index contributed by atoms with van der Waals surface area (Å²) in [6.07, 6.45) is 2.84. The van der Waals surface area contributed by atoms with E-state index in [1.807, 2.05) is 4.90 Å². The molecule has 1 aliphatic carbocycles. The fourth-order valence-corrected chi connectivity index (χ4v) is 4.75. The molecule has 2 saturated heterocycles. The summed E-state index contributed by atoms with van der Waals surface area (Å²) in [5.41, 5.74) is 0.959. The molecule has 0 bridgehead atoms. The molecule has 2 aliphatic heterocycles. The van der Waals surface area contributed by atoms with Crippen molar-refractivity contribution in [2.24, 2.45) is 5.92 Å². The second-order valence-electron chi connectivity index (χ2n) is 8.89. The normalized spacial score (nSPS) is 24.6. The van der Waals surface area contributed by atoms with E-state index < -0.39 is 12.2 Å². The molecule has 8 nitrogen and oxygen atoms in total. The summed E-state index contributed by atoms with van der Waals surface area (Å²) < 4.78 is 20.2. The number of carbonyl (C=O) groups is 3. The van der Waals surface area contributed by atoms with Crippen LogP contribution in [0.1, 0.15) is 32.6 Å². The van der Waals surface area contributed by atoms with Gasteiger partial charge in [-0.1, -0.05) is 6.42 Å².